The third-order valence-electron chi connectivity index (χ3n) is 4.89. The Balaban J connectivity index is 0.000000890. The highest BCUT2D eigenvalue weighted by molar-refractivity contribution is 7.99. The van der Waals surface area contributed by atoms with Gasteiger partial charge in [-0.25, -0.2) is 0 Å². The number of aromatic amines is 1. The van der Waals surface area contributed by atoms with Crippen molar-refractivity contribution in [3.8, 4) is 11.1 Å². The number of hydrogen-bond acceptors (Lipinski definition) is 4. The van der Waals surface area contributed by atoms with Crippen LogP contribution in [-0.2, 0) is 9.53 Å². The van der Waals surface area contributed by atoms with E-state index in [4.69, 9.17) is 16.3 Å². The van der Waals surface area contributed by atoms with Gasteiger partial charge in [-0.15, -0.1) is 11.8 Å². The van der Waals surface area contributed by atoms with Gasteiger partial charge in [-0.1, -0.05) is 68.3 Å². The number of halogens is 1. The standard InChI is InChI=1S/C22H24ClN3O2S.C4H6/c1-4-19(23)15(2)16(3)28-11-6-9-21(27)26-10-12-29-22-18(7-5-8-20(22)26)17-13-24-25-14-17;1-3-4-2/h4-5,7-8,13-14H,1,3,6,9-12H2,2H3,(H,24,25);3-4H,1-2H2/b19-15+;. The third kappa shape index (κ3) is 7.27. The highest BCUT2D eigenvalue weighted by Gasteiger charge is 2.25. The lowest BCUT2D eigenvalue weighted by molar-refractivity contribution is -0.118. The number of allylic oxidation sites excluding steroid dienone is 5. The molecule has 0 fully saturated rings. The predicted octanol–water partition coefficient (Wildman–Crippen LogP) is 6.88. The second kappa shape index (κ2) is 13.6. The van der Waals surface area contributed by atoms with Gasteiger partial charge in [0.25, 0.3) is 0 Å². The minimum atomic E-state index is 0.0986. The number of aromatic nitrogens is 2. The normalized spacial score (nSPS) is 13.0. The quantitative estimate of drug-likeness (QED) is 0.240. The monoisotopic (exact) mass is 483 g/mol. The van der Waals surface area contributed by atoms with Gasteiger partial charge in [-0.3, -0.25) is 9.89 Å². The molecule has 2 heterocycles. The number of anilines is 1. The van der Waals surface area contributed by atoms with Crippen LogP contribution in [0.15, 0.2) is 96.4 Å². The molecule has 0 saturated carbocycles. The van der Waals surface area contributed by atoms with E-state index in [1.54, 1.807) is 36.2 Å². The lowest BCUT2D eigenvalue weighted by Gasteiger charge is -2.30. The summed E-state index contributed by atoms with van der Waals surface area (Å²) >= 11 is 7.80. The van der Waals surface area contributed by atoms with Gasteiger partial charge in [-0.05, 0) is 19.4 Å². The Bertz CT molecular complexity index is 1020. The van der Waals surface area contributed by atoms with E-state index < -0.39 is 0 Å². The summed E-state index contributed by atoms with van der Waals surface area (Å²) in [4.78, 5) is 15.9. The Labute approximate surface area is 205 Å². The van der Waals surface area contributed by atoms with Crippen molar-refractivity contribution in [2.45, 2.75) is 24.7 Å². The SMILES string of the molecule is C=C/C(Cl)=C(/C)C(=C)OCCCC(=O)N1CCSc2c(-c3cn[nH]c3)cccc21.C=CC=C. The maximum absolute atomic E-state index is 12.9. The number of carbonyl (C=O) groups excluding carboxylic acids is 1. The number of benzene rings is 1. The number of amides is 1. The number of rotatable bonds is 9. The van der Waals surface area contributed by atoms with Gasteiger partial charge in [0, 0.05) is 51.5 Å². The van der Waals surface area contributed by atoms with E-state index in [1.165, 1.54) is 0 Å². The van der Waals surface area contributed by atoms with Crippen molar-refractivity contribution in [1.82, 2.24) is 10.2 Å². The largest absolute Gasteiger partial charge is 0.494 e. The van der Waals surface area contributed by atoms with E-state index >= 15 is 0 Å². The average Bonchev–Trinajstić information content (AvgIpc) is 3.39. The molecule has 0 spiro atoms. The Morgan fingerprint density at radius 3 is 2.73 bits per heavy atom. The zero-order valence-electron chi connectivity index (χ0n) is 19.0. The van der Waals surface area contributed by atoms with Crippen molar-refractivity contribution in [3.63, 3.8) is 0 Å². The summed E-state index contributed by atoms with van der Waals surface area (Å²) in [5, 5.41) is 7.41. The summed E-state index contributed by atoms with van der Waals surface area (Å²) < 4.78 is 5.63. The molecule has 1 N–H and O–H groups in total. The fraction of sp³-hybridized carbons (Fsp3) is 0.231. The Morgan fingerprint density at radius 2 is 2.09 bits per heavy atom. The number of H-pyrrole nitrogens is 1. The van der Waals surface area contributed by atoms with Crippen LogP contribution in [0.4, 0.5) is 5.69 Å². The topological polar surface area (TPSA) is 58.2 Å². The molecule has 174 valence electrons. The molecule has 5 nitrogen and oxygen atoms in total. The molecule has 7 heteroatoms. The highest BCUT2D eigenvalue weighted by atomic mass is 35.5. The van der Waals surface area contributed by atoms with Crippen LogP contribution >= 0.6 is 23.4 Å². The molecule has 0 radical (unpaired) electrons. The van der Waals surface area contributed by atoms with E-state index in [1.807, 2.05) is 30.2 Å². The summed E-state index contributed by atoms with van der Waals surface area (Å²) in [6.45, 7) is 17.2. The Morgan fingerprint density at radius 1 is 1.33 bits per heavy atom. The first-order valence-electron chi connectivity index (χ1n) is 10.5. The van der Waals surface area contributed by atoms with Crippen molar-refractivity contribution in [1.29, 1.82) is 0 Å². The zero-order valence-corrected chi connectivity index (χ0v) is 20.6. The smallest absolute Gasteiger partial charge is 0.227 e. The Hall–Kier alpha value is -2.96. The van der Waals surface area contributed by atoms with Gasteiger partial charge >= 0.3 is 0 Å². The highest BCUT2D eigenvalue weighted by Crippen LogP contribution is 2.41. The minimum Gasteiger partial charge on any atom is -0.494 e. The van der Waals surface area contributed by atoms with Crippen LogP contribution in [0, 0.1) is 0 Å². The van der Waals surface area contributed by atoms with Crippen LogP contribution in [-0.4, -0.2) is 35.0 Å². The fourth-order valence-corrected chi connectivity index (χ4v) is 4.33. The first-order valence-corrected chi connectivity index (χ1v) is 11.9. The summed E-state index contributed by atoms with van der Waals surface area (Å²) in [6, 6.07) is 6.06. The molecule has 0 unspecified atom stereocenters. The third-order valence-corrected chi connectivity index (χ3v) is 6.43. The molecule has 0 atom stereocenters. The summed E-state index contributed by atoms with van der Waals surface area (Å²) in [7, 11) is 0. The van der Waals surface area contributed by atoms with E-state index in [-0.39, 0.29) is 5.91 Å². The van der Waals surface area contributed by atoms with Gasteiger partial charge in [-0.2, -0.15) is 5.10 Å². The molecule has 1 aliphatic rings. The number of carbonyl (C=O) groups is 1. The lowest BCUT2D eigenvalue weighted by Crippen LogP contribution is -2.35. The fourth-order valence-electron chi connectivity index (χ4n) is 3.08. The summed E-state index contributed by atoms with van der Waals surface area (Å²) in [5.41, 5.74) is 3.84. The van der Waals surface area contributed by atoms with E-state index in [0.717, 1.165) is 33.0 Å². The molecular formula is C26H30ClN3O2S. The molecule has 0 aliphatic carbocycles. The molecule has 1 aromatic heterocycles. The van der Waals surface area contributed by atoms with Crippen LogP contribution in [0.1, 0.15) is 19.8 Å². The van der Waals surface area contributed by atoms with Crippen molar-refractivity contribution in [2.24, 2.45) is 0 Å². The number of thioether (sulfide) groups is 1. The van der Waals surface area contributed by atoms with E-state index in [0.29, 0.717) is 36.8 Å². The van der Waals surface area contributed by atoms with Crippen molar-refractivity contribution in [2.75, 3.05) is 23.8 Å². The molecule has 33 heavy (non-hydrogen) atoms. The van der Waals surface area contributed by atoms with Gasteiger partial charge < -0.3 is 9.64 Å². The van der Waals surface area contributed by atoms with Gasteiger partial charge in [0.1, 0.15) is 5.76 Å². The lowest BCUT2D eigenvalue weighted by atomic mass is 10.1. The second-order valence-electron chi connectivity index (χ2n) is 7.06. The number of hydrogen-bond donors (Lipinski definition) is 1. The molecule has 1 amide bonds. The van der Waals surface area contributed by atoms with E-state index in [2.05, 4.69) is 42.6 Å². The summed E-state index contributed by atoms with van der Waals surface area (Å²) in [5.74, 6) is 1.47. The maximum atomic E-state index is 12.9. The Kier molecular flexibility index (Phi) is 10.8. The number of nitrogens with zero attached hydrogens (tertiary/aromatic N) is 2. The number of nitrogens with one attached hydrogen (secondary N) is 1. The molecule has 3 rings (SSSR count). The zero-order chi connectivity index (χ0) is 24.2. The average molecular weight is 484 g/mol. The summed E-state index contributed by atoms with van der Waals surface area (Å²) in [6.07, 6.45) is 9.52. The minimum absolute atomic E-state index is 0.0986. The van der Waals surface area contributed by atoms with Crippen molar-refractivity contribution >= 4 is 35.0 Å². The predicted molar refractivity (Wildman–Crippen MR) is 141 cm³/mol. The van der Waals surface area contributed by atoms with Gasteiger partial charge in [0.2, 0.25) is 5.91 Å². The number of ether oxygens (including phenoxy) is 1. The van der Waals surface area contributed by atoms with Crippen LogP contribution < -0.4 is 4.90 Å². The molecule has 0 bridgehead atoms. The van der Waals surface area contributed by atoms with Crippen molar-refractivity contribution in [3.05, 3.63) is 91.5 Å². The first-order chi connectivity index (χ1) is 15.9. The molecule has 1 aromatic carbocycles. The van der Waals surface area contributed by atoms with Gasteiger partial charge in [0.15, 0.2) is 0 Å². The van der Waals surface area contributed by atoms with Crippen LogP contribution in [0.25, 0.3) is 11.1 Å². The molecule has 2 aromatic rings. The maximum Gasteiger partial charge on any atom is 0.227 e. The molecular weight excluding hydrogens is 454 g/mol. The number of fused-ring (bicyclic) bond motifs is 1. The van der Waals surface area contributed by atoms with Crippen molar-refractivity contribution < 1.29 is 9.53 Å². The molecule has 1 aliphatic heterocycles. The van der Waals surface area contributed by atoms with E-state index in [9.17, 15) is 4.79 Å². The van der Waals surface area contributed by atoms with Crippen LogP contribution in [0.3, 0.4) is 0 Å². The second-order valence-corrected chi connectivity index (χ2v) is 8.57. The van der Waals surface area contributed by atoms with Crippen LogP contribution in [0.2, 0.25) is 0 Å². The van der Waals surface area contributed by atoms with Crippen LogP contribution in [0.5, 0.6) is 0 Å². The first kappa shape index (κ1) is 26.3. The molecule has 0 saturated heterocycles. The van der Waals surface area contributed by atoms with Gasteiger partial charge in [0.05, 0.1) is 18.5 Å².